The van der Waals surface area contributed by atoms with E-state index in [0.717, 1.165) is 11.3 Å². The number of aryl methyl sites for hydroxylation is 1. The number of nitrogens with zero attached hydrogens (tertiary/aromatic N) is 3. The van der Waals surface area contributed by atoms with Gasteiger partial charge in [0.1, 0.15) is 35.2 Å². The fraction of sp³-hybridized carbons (Fsp3) is 0.455. The molecule has 3 atom stereocenters. The highest BCUT2D eigenvalue weighted by Crippen LogP contribution is 2.23. The van der Waals surface area contributed by atoms with Gasteiger partial charge in [-0.2, -0.15) is 0 Å². The second-order valence-corrected chi connectivity index (χ2v) is 7.61. The van der Waals surface area contributed by atoms with Crippen LogP contribution in [-0.4, -0.2) is 71.9 Å². The Labute approximate surface area is 185 Å². The highest BCUT2D eigenvalue weighted by Gasteiger charge is 2.35. The summed E-state index contributed by atoms with van der Waals surface area (Å²) >= 11 is 0. The Morgan fingerprint density at radius 1 is 1.19 bits per heavy atom. The van der Waals surface area contributed by atoms with E-state index in [9.17, 15) is 4.79 Å². The van der Waals surface area contributed by atoms with Crippen LogP contribution in [0, 0.1) is 6.92 Å². The van der Waals surface area contributed by atoms with E-state index in [0.29, 0.717) is 43.4 Å². The van der Waals surface area contributed by atoms with Crippen molar-refractivity contribution in [2.75, 3.05) is 26.9 Å². The first-order chi connectivity index (χ1) is 15.6. The molecule has 0 spiro atoms. The van der Waals surface area contributed by atoms with Gasteiger partial charge in [-0.1, -0.05) is 17.3 Å². The maximum Gasteiger partial charge on any atom is 0.270 e. The lowest BCUT2D eigenvalue weighted by molar-refractivity contribution is -0.178. The molecule has 1 saturated heterocycles. The summed E-state index contributed by atoms with van der Waals surface area (Å²) in [6.45, 7) is 2.64. The molecule has 0 aliphatic carbocycles. The average Bonchev–Trinajstić information content (AvgIpc) is 3.33. The third kappa shape index (κ3) is 5.21. The maximum atomic E-state index is 12.7. The highest BCUT2D eigenvalue weighted by atomic mass is 16.7. The number of aliphatic hydroxyl groups is 1. The molecule has 1 fully saturated rings. The molecule has 2 aromatic rings. The van der Waals surface area contributed by atoms with Gasteiger partial charge in [-0.15, -0.1) is 0 Å². The van der Waals surface area contributed by atoms with Crippen molar-refractivity contribution in [3.8, 4) is 5.75 Å². The van der Waals surface area contributed by atoms with Gasteiger partial charge in [-0.25, -0.2) is 9.97 Å². The first-order valence-corrected chi connectivity index (χ1v) is 10.4. The summed E-state index contributed by atoms with van der Waals surface area (Å²) in [6, 6.07) is 9.07. The Morgan fingerprint density at radius 3 is 2.69 bits per heavy atom. The van der Waals surface area contributed by atoms with Crippen LogP contribution < -0.4 is 10.1 Å². The average molecular weight is 442 g/mol. The largest absolute Gasteiger partial charge is 0.497 e. The van der Waals surface area contributed by atoms with Crippen LogP contribution in [0.15, 0.2) is 35.5 Å². The van der Waals surface area contributed by atoms with Gasteiger partial charge in [0.2, 0.25) is 0 Å². The van der Waals surface area contributed by atoms with E-state index in [2.05, 4.69) is 20.4 Å². The number of amides is 1. The molecule has 0 radical (unpaired) electrons. The van der Waals surface area contributed by atoms with Crippen molar-refractivity contribution in [2.24, 2.45) is 5.16 Å². The normalized spacial score (nSPS) is 22.7. The minimum absolute atomic E-state index is 0.0798. The molecule has 1 amide bonds. The Bertz CT molecular complexity index is 973. The van der Waals surface area contributed by atoms with Gasteiger partial charge in [0, 0.05) is 13.0 Å². The second kappa shape index (κ2) is 10.0. The number of carbonyl (C=O) groups excluding carboxylic acids is 1. The lowest BCUT2D eigenvalue weighted by Gasteiger charge is -2.30. The van der Waals surface area contributed by atoms with Gasteiger partial charge in [-0.3, -0.25) is 4.79 Å². The molecule has 1 aromatic heterocycles. The van der Waals surface area contributed by atoms with Crippen molar-refractivity contribution in [3.05, 3.63) is 53.1 Å². The zero-order chi connectivity index (χ0) is 22.5. The van der Waals surface area contributed by atoms with E-state index in [1.807, 2.05) is 24.3 Å². The maximum absolute atomic E-state index is 12.7. The summed E-state index contributed by atoms with van der Waals surface area (Å²) in [5, 5.41) is 16.2. The number of benzene rings is 1. The second-order valence-electron chi connectivity index (χ2n) is 7.61. The molecule has 0 bridgehead atoms. The standard InChI is InChI=1S/C22H26N4O6/c1-13-24-17(18-8-20(32-26-18)21-12-30-16(10-27)11-31-21)7-19(25-13)22(28)23-9-14-3-5-15(29-2)6-4-14/h3-7,16,20-21,27H,8-12H2,1-2H3,(H,23,28)/t16-,20?,21+/m0/s1. The number of rotatable bonds is 7. The number of hydrogen-bond acceptors (Lipinski definition) is 9. The van der Waals surface area contributed by atoms with E-state index in [-0.39, 0.29) is 36.5 Å². The van der Waals surface area contributed by atoms with E-state index in [4.69, 9.17) is 24.2 Å². The van der Waals surface area contributed by atoms with Crippen LogP contribution in [0.4, 0.5) is 0 Å². The van der Waals surface area contributed by atoms with Crippen LogP contribution in [0.25, 0.3) is 0 Å². The van der Waals surface area contributed by atoms with Crippen LogP contribution in [0.3, 0.4) is 0 Å². The van der Waals surface area contributed by atoms with Crippen molar-refractivity contribution < 1.29 is 28.9 Å². The van der Waals surface area contributed by atoms with Crippen LogP contribution in [0.5, 0.6) is 5.75 Å². The Morgan fingerprint density at radius 2 is 2.00 bits per heavy atom. The SMILES string of the molecule is COc1ccc(CNC(=O)c2cc(C3=NOC([C@H]4CO[C@@H](CO)CO4)C3)nc(C)n2)cc1. The van der Waals surface area contributed by atoms with Gasteiger partial charge in [0.15, 0.2) is 6.10 Å². The minimum Gasteiger partial charge on any atom is -0.497 e. The number of ether oxygens (including phenoxy) is 3. The van der Waals surface area contributed by atoms with Crippen LogP contribution in [0.1, 0.15) is 34.0 Å². The first-order valence-electron chi connectivity index (χ1n) is 10.4. The van der Waals surface area contributed by atoms with Crippen molar-refractivity contribution in [1.82, 2.24) is 15.3 Å². The number of carbonyl (C=O) groups is 1. The fourth-order valence-corrected chi connectivity index (χ4v) is 3.47. The third-order valence-corrected chi connectivity index (χ3v) is 5.28. The smallest absolute Gasteiger partial charge is 0.270 e. The lowest BCUT2D eigenvalue weighted by Crippen LogP contribution is -2.43. The number of nitrogens with one attached hydrogen (secondary N) is 1. The summed E-state index contributed by atoms with van der Waals surface area (Å²) in [5.74, 6) is 0.918. The van der Waals surface area contributed by atoms with Gasteiger partial charge in [-0.05, 0) is 30.7 Å². The quantitative estimate of drug-likeness (QED) is 0.651. The van der Waals surface area contributed by atoms with E-state index < -0.39 is 0 Å². The number of methoxy groups -OCH3 is 1. The van der Waals surface area contributed by atoms with Gasteiger partial charge >= 0.3 is 0 Å². The Kier molecular flexibility index (Phi) is 6.93. The molecule has 3 heterocycles. The molecule has 4 rings (SSSR count). The lowest BCUT2D eigenvalue weighted by atomic mass is 10.0. The Balaban J connectivity index is 1.37. The number of aromatic nitrogens is 2. The van der Waals surface area contributed by atoms with Gasteiger partial charge in [0.05, 0.1) is 32.6 Å². The van der Waals surface area contributed by atoms with Crippen molar-refractivity contribution in [3.63, 3.8) is 0 Å². The summed E-state index contributed by atoms with van der Waals surface area (Å²) < 4.78 is 16.4. The predicted octanol–water partition coefficient (Wildman–Crippen LogP) is 0.993. The van der Waals surface area contributed by atoms with Crippen LogP contribution in [0.2, 0.25) is 0 Å². The monoisotopic (exact) mass is 442 g/mol. The molecule has 0 saturated carbocycles. The van der Waals surface area contributed by atoms with Gasteiger partial charge in [0.25, 0.3) is 5.91 Å². The molecule has 10 nitrogen and oxygen atoms in total. The minimum atomic E-state index is -0.313. The summed E-state index contributed by atoms with van der Waals surface area (Å²) in [5.41, 5.74) is 2.37. The fourth-order valence-electron chi connectivity index (χ4n) is 3.47. The number of hydrogen-bond donors (Lipinski definition) is 2. The van der Waals surface area contributed by atoms with E-state index in [1.54, 1.807) is 20.1 Å². The molecule has 2 N–H and O–H groups in total. The van der Waals surface area contributed by atoms with E-state index >= 15 is 0 Å². The third-order valence-electron chi connectivity index (χ3n) is 5.28. The first kappa shape index (κ1) is 22.1. The van der Waals surface area contributed by atoms with Crippen LogP contribution in [-0.2, 0) is 20.9 Å². The molecular formula is C22H26N4O6. The zero-order valence-corrected chi connectivity index (χ0v) is 18.0. The number of oxime groups is 1. The Hall–Kier alpha value is -3.08. The topological polar surface area (TPSA) is 124 Å². The molecule has 32 heavy (non-hydrogen) atoms. The number of aliphatic hydroxyl groups excluding tert-OH is 1. The summed E-state index contributed by atoms with van der Waals surface area (Å²) in [7, 11) is 1.61. The molecule has 10 heteroatoms. The molecule has 1 unspecified atom stereocenters. The summed E-state index contributed by atoms with van der Waals surface area (Å²) in [6.07, 6.45) is -0.431. The molecule has 2 aliphatic rings. The highest BCUT2D eigenvalue weighted by molar-refractivity contribution is 6.02. The van der Waals surface area contributed by atoms with Crippen molar-refractivity contribution in [2.45, 2.75) is 38.2 Å². The van der Waals surface area contributed by atoms with Gasteiger partial charge < -0.3 is 29.5 Å². The zero-order valence-electron chi connectivity index (χ0n) is 18.0. The molecule has 170 valence electrons. The molecular weight excluding hydrogens is 416 g/mol. The summed E-state index contributed by atoms with van der Waals surface area (Å²) in [4.78, 5) is 26.9. The molecule has 1 aromatic carbocycles. The predicted molar refractivity (Wildman–Crippen MR) is 114 cm³/mol. The van der Waals surface area contributed by atoms with E-state index in [1.165, 1.54) is 0 Å². The molecule has 2 aliphatic heterocycles. The van der Waals surface area contributed by atoms with Crippen molar-refractivity contribution in [1.29, 1.82) is 0 Å². The van der Waals surface area contributed by atoms with Crippen molar-refractivity contribution >= 4 is 11.6 Å². The van der Waals surface area contributed by atoms with Crippen LogP contribution >= 0.6 is 0 Å².